The quantitative estimate of drug-likeness (QED) is 0.348. The van der Waals surface area contributed by atoms with E-state index in [4.69, 9.17) is 11.6 Å². The molecule has 1 aliphatic heterocycles. The van der Waals surface area contributed by atoms with Crippen LogP contribution in [0, 0.1) is 0 Å². The number of aromatic nitrogens is 1. The van der Waals surface area contributed by atoms with E-state index in [2.05, 4.69) is 15.6 Å². The Morgan fingerprint density at radius 1 is 1.17 bits per heavy atom. The zero-order valence-electron chi connectivity index (χ0n) is 20.0. The van der Waals surface area contributed by atoms with E-state index in [0.717, 1.165) is 22.0 Å². The number of amides is 3. The minimum Gasteiger partial charge on any atom is -0.376 e. The van der Waals surface area contributed by atoms with E-state index in [1.165, 1.54) is 4.90 Å². The van der Waals surface area contributed by atoms with Crippen LogP contribution in [0.4, 0.5) is 0 Å². The number of likely N-dealkylation sites (N-methyl/N-ethyl adjacent to an activating group) is 1. The van der Waals surface area contributed by atoms with Crippen LogP contribution in [0.3, 0.4) is 0 Å². The van der Waals surface area contributed by atoms with Gasteiger partial charge in [-0.1, -0.05) is 54.9 Å². The lowest BCUT2D eigenvalue weighted by molar-refractivity contribution is -0.150. The van der Waals surface area contributed by atoms with Gasteiger partial charge in [0.1, 0.15) is 12.3 Å². The maximum atomic E-state index is 13.2. The Bertz CT molecular complexity index is 1250. The molecule has 0 spiro atoms. The number of aliphatic hydroxyl groups is 1. The minimum atomic E-state index is -0.879. The van der Waals surface area contributed by atoms with Gasteiger partial charge in [0.25, 0.3) is 0 Å². The van der Waals surface area contributed by atoms with E-state index in [0.29, 0.717) is 11.6 Å². The zero-order chi connectivity index (χ0) is 25.7. The second-order valence-corrected chi connectivity index (χ2v) is 9.22. The van der Waals surface area contributed by atoms with Crippen molar-refractivity contribution in [3.63, 3.8) is 0 Å². The van der Waals surface area contributed by atoms with Gasteiger partial charge in [-0.15, -0.1) is 0 Å². The van der Waals surface area contributed by atoms with Crippen molar-refractivity contribution in [2.24, 2.45) is 0 Å². The normalized spacial score (nSPS) is 17.2. The molecule has 1 saturated heterocycles. The number of fused-ring (bicyclic) bond motifs is 1. The maximum Gasteiger partial charge on any atom is 0.243 e. The van der Waals surface area contributed by atoms with Crippen molar-refractivity contribution in [3.8, 4) is 0 Å². The minimum absolute atomic E-state index is 0.0336. The van der Waals surface area contributed by atoms with Gasteiger partial charge in [0.2, 0.25) is 17.7 Å². The summed E-state index contributed by atoms with van der Waals surface area (Å²) in [7, 11) is 0. The molecule has 3 aromatic rings. The van der Waals surface area contributed by atoms with Crippen molar-refractivity contribution < 1.29 is 19.5 Å². The highest BCUT2D eigenvalue weighted by atomic mass is 35.5. The number of hydrogen-bond donors (Lipinski definition) is 4. The number of benzene rings is 2. The average Bonchev–Trinajstić information content (AvgIpc) is 3.27. The Morgan fingerprint density at radius 3 is 2.69 bits per heavy atom. The van der Waals surface area contributed by atoms with Crippen LogP contribution in [0.1, 0.15) is 18.1 Å². The van der Waals surface area contributed by atoms with E-state index < -0.39 is 18.2 Å². The van der Waals surface area contributed by atoms with Crippen LogP contribution in [-0.2, 0) is 27.3 Å². The van der Waals surface area contributed by atoms with Crippen LogP contribution in [0.2, 0.25) is 5.02 Å². The highest BCUT2D eigenvalue weighted by Gasteiger charge is 2.32. The van der Waals surface area contributed by atoms with Crippen molar-refractivity contribution in [1.82, 2.24) is 25.4 Å². The van der Waals surface area contributed by atoms with E-state index >= 15 is 0 Å². The fourth-order valence-corrected chi connectivity index (χ4v) is 4.56. The highest BCUT2D eigenvalue weighted by Crippen LogP contribution is 2.20. The van der Waals surface area contributed by atoms with Crippen LogP contribution in [-0.4, -0.2) is 76.1 Å². The number of β-amino-alcohol motifs (C(OH)–C–C–N with tert-alkyl or cyclic N) is 1. The third-order valence-corrected chi connectivity index (χ3v) is 6.77. The number of nitrogens with one attached hydrogen (secondary N) is 3. The molecule has 10 heteroatoms. The van der Waals surface area contributed by atoms with E-state index in [-0.39, 0.29) is 44.4 Å². The second kappa shape index (κ2) is 11.6. The molecule has 1 aliphatic rings. The summed E-state index contributed by atoms with van der Waals surface area (Å²) in [5, 5.41) is 17.4. The number of aliphatic hydroxyl groups excluding tert-OH is 1. The first-order valence-electron chi connectivity index (χ1n) is 11.9. The molecule has 190 valence electrons. The van der Waals surface area contributed by atoms with E-state index in [1.807, 2.05) is 55.6 Å². The molecule has 1 aromatic heterocycles. The Balaban J connectivity index is 1.47. The highest BCUT2D eigenvalue weighted by molar-refractivity contribution is 6.31. The molecule has 0 saturated carbocycles. The summed E-state index contributed by atoms with van der Waals surface area (Å²) in [6, 6.07) is 14.1. The van der Waals surface area contributed by atoms with Gasteiger partial charge in [-0.05, 0) is 29.8 Å². The Labute approximate surface area is 214 Å². The molecule has 1 fully saturated rings. The van der Waals surface area contributed by atoms with E-state index in [1.54, 1.807) is 11.0 Å². The van der Waals surface area contributed by atoms with Crippen LogP contribution >= 0.6 is 11.6 Å². The number of H-pyrrole nitrogens is 1. The molecule has 0 bridgehead atoms. The molecule has 2 unspecified atom stereocenters. The summed E-state index contributed by atoms with van der Waals surface area (Å²) < 4.78 is 0. The first-order valence-corrected chi connectivity index (χ1v) is 12.3. The Hall–Kier alpha value is -3.40. The van der Waals surface area contributed by atoms with Crippen molar-refractivity contribution in [1.29, 1.82) is 0 Å². The summed E-state index contributed by atoms with van der Waals surface area (Å²) in [5.41, 5.74) is 2.58. The van der Waals surface area contributed by atoms with E-state index in [9.17, 15) is 19.5 Å². The molecular formula is C26H30ClN5O4. The number of carbonyl (C=O) groups excluding carboxylic acids is 3. The van der Waals surface area contributed by atoms with Gasteiger partial charge in [0.15, 0.2) is 0 Å². The molecule has 3 amide bonds. The smallest absolute Gasteiger partial charge is 0.243 e. The van der Waals surface area contributed by atoms with Gasteiger partial charge in [-0.3, -0.25) is 19.3 Å². The number of hydrogen-bond acceptors (Lipinski definition) is 5. The topological polar surface area (TPSA) is 118 Å². The standard InChI is InChI=1S/C26H30ClN5O4/c1-2-31-15-25(35)32(16-24(31)34)14-23(33)30-22(11-18-13-28-21-10-6-4-8-19(18)21)26(36)29-12-17-7-3-5-9-20(17)27/h3-10,13,22,24,28,34H,2,11-12,14-16H2,1H3,(H,29,36)(H,30,33). The lowest BCUT2D eigenvalue weighted by Crippen LogP contribution is -2.58. The molecule has 0 aliphatic carbocycles. The summed E-state index contributed by atoms with van der Waals surface area (Å²) in [6.07, 6.45) is 1.25. The molecule has 9 nitrogen and oxygen atoms in total. The van der Waals surface area contributed by atoms with Crippen molar-refractivity contribution >= 4 is 40.2 Å². The molecule has 2 heterocycles. The summed E-state index contributed by atoms with van der Waals surface area (Å²) in [5.74, 6) is -1.08. The fraction of sp³-hybridized carbons (Fsp3) is 0.346. The molecular weight excluding hydrogens is 482 g/mol. The number of halogens is 1. The summed E-state index contributed by atoms with van der Waals surface area (Å²) in [4.78, 5) is 44.7. The Morgan fingerprint density at radius 2 is 1.92 bits per heavy atom. The van der Waals surface area contributed by atoms with Gasteiger partial charge in [0, 0.05) is 35.1 Å². The number of para-hydroxylation sites is 1. The van der Waals surface area contributed by atoms with Crippen molar-refractivity contribution in [2.75, 3.05) is 26.2 Å². The van der Waals surface area contributed by atoms with Gasteiger partial charge < -0.3 is 25.6 Å². The molecule has 4 rings (SSSR count). The zero-order valence-corrected chi connectivity index (χ0v) is 20.8. The lowest BCUT2D eigenvalue weighted by Gasteiger charge is -2.37. The first-order chi connectivity index (χ1) is 17.4. The number of rotatable bonds is 9. The number of aromatic amines is 1. The molecule has 0 radical (unpaired) electrons. The Kier molecular flexibility index (Phi) is 8.25. The third kappa shape index (κ3) is 6.04. The van der Waals surface area contributed by atoms with Gasteiger partial charge >= 0.3 is 0 Å². The van der Waals surface area contributed by atoms with Crippen LogP contribution in [0.15, 0.2) is 54.7 Å². The summed E-state index contributed by atoms with van der Waals surface area (Å²) in [6.45, 7) is 2.44. The molecule has 4 N–H and O–H groups in total. The number of nitrogens with zero attached hydrogens (tertiary/aromatic N) is 2. The van der Waals surface area contributed by atoms with Crippen LogP contribution in [0.5, 0.6) is 0 Å². The van der Waals surface area contributed by atoms with Crippen molar-refractivity contribution in [2.45, 2.75) is 32.2 Å². The van der Waals surface area contributed by atoms with Gasteiger partial charge in [-0.25, -0.2) is 0 Å². The lowest BCUT2D eigenvalue weighted by atomic mass is 10.0. The first kappa shape index (κ1) is 25.7. The fourth-order valence-electron chi connectivity index (χ4n) is 4.36. The number of piperazine rings is 1. The predicted octanol–water partition coefficient (Wildman–Crippen LogP) is 1.65. The van der Waals surface area contributed by atoms with Crippen molar-refractivity contribution in [3.05, 3.63) is 70.9 Å². The largest absolute Gasteiger partial charge is 0.376 e. The maximum absolute atomic E-state index is 13.2. The van der Waals surface area contributed by atoms with Crippen LogP contribution < -0.4 is 10.6 Å². The monoisotopic (exact) mass is 511 g/mol. The predicted molar refractivity (Wildman–Crippen MR) is 137 cm³/mol. The third-order valence-electron chi connectivity index (χ3n) is 6.40. The molecule has 2 atom stereocenters. The number of carbonyl (C=O) groups is 3. The summed E-state index contributed by atoms with van der Waals surface area (Å²) >= 11 is 6.22. The average molecular weight is 512 g/mol. The SMILES string of the molecule is CCN1CC(=O)N(CC(=O)NC(Cc2c[nH]c3ccccc23)C(=O)NCc2ccccc2Cl)CC1O. The second-order valence-electron chi connectivity index (χ2n) is 8.81. The van der Waals surface area contributed by atoms with Crippen LogP contribution in [0.25, 0.3) is 10.9 Å². The molecule has 36 heavy (non-hydrogen) atoms. The van der Waals surface area contributed by atoms with Gasteiger partial charge in [-0.2, -0.15) is 0 Å². The molecule has 2 aromatic carbocycles. The van der Waals surface area contributed by atoms with Gasteiger partial charge in [0.05, 0.1) is 19.6 Å².